The maximum atomic E-state index is 11.8. The molecule has 2 rings (SSSR count). The molecule has 0 unspecified atom stereocenters. The Hall–Kier alpha value is -0.206. The van der Waals surface area contributed by atoms with Crippen molar-refractivity contribution in [2.45, 2.75) is 32.6 Å². The Labute approximate surface area is 128 Å². The zero-order valence-corrected chi connectivity index (χ0v) is 13.0. The molecule has 1 fully saturated rings. The van der Waals surface area contributed by atoms with Gasteiger partial charge in [0.2, 0.25) is 0 Å². The van der Waals surface area contributed by atoms with Crippen LogP contribution in [0.25, 0.3) is 0 Å². The van der Waals surface area contributed by atoms with Crippen molar-refractivity contribution in [2.24, 2.45) is 11.8 Å². The van der Waals surface area contributed by atoms with Crippen molar-refractivity contribution in [1.29, 1.82) is 0 Å². The number of carbonyl (C=O) groups excluding carboxylic acids is 1. The Balaban J connectivity index is 0.00000144. The summed E-state index contributed by atoms with van der Waals surface area (Å²) in [6.07, 6.45) is 4.22. The van der Waals surface area contributed by atoms with Gasteiger partial charge in [0.1, 0.15) is 0 Å². The molecule has 0 aromatic heterocycles. The number of rotatable bonds is 2. The number of carbonyl (C=O) groups is 1. The van der Waals surface area contributed by atoms with E-state index in [-0.39, 0.29) is 44.6 Å². The summed E-state index contributed by atoms with van der Waals surface area (Å²) in [7, 11) is 0. The van der Waals surface area contributed by atoms with Gasteiger partial charge in [-0.15, -0.1) is 12.1 Å². The summed E-state index contributed by atoms with van der Waals surface area (Å²) in [6, 6.07) is 9.95. The van der Waals surface area contributed by atoms with Crippen molar-refractivity contribution in [3.63, 3.8) is 0 Å². The fourth-order valence-corrected chi connectivity index (χ4v) is 2.13. The molecule has 0 amide bonds. The van der Waals surface area contributed by atoms with Crippen LogP contribution >= 0.6 is 0 Å². The first-order valence-electron chi connectivity index (χ1n) is 5.93. The Bertz CT molecular complexity index is 342. The smallest absolute Gasteiger partial charge is 0.312 e. The molecule has 0 bridgehead atoms. The van der Waals surface area contributed by atoms with Crippen LogP contribution in [0.15, 0.2) is 24.3 Å². The van der Waals surface area contributed by atoms with Gasteiger partial charge in [-0.1, -0.05) is 6.92 Å². The number of hydrogen-bond donors (Lipinski definition) is 0. The molecular weight excluding hydrogens is 289 g/mol. The second-order valence-electron chi connectivity index (χ2n) is 4.61. The average Bonchev–Trinajstić information content (AvgIpc) is 2.31. The third kappa shape index (κ3) is 4.52. The maximum absolute atomic E-state index is 11.8. The SMILES string of the molecule is CC1CCC(C(=O)Oc2cc[c-]cc2)CC1.[Y]. The summed E-state index contributed by atoms with van der Waals surface area (Å²) < 4.78 is 5.33. The molecule has 0 aliphatic heterocycles. The van der Waals surface area contributed by atoms with Crippen LogP contribution in [0, 0.1) is 17.9 Å². The van der Waals surface area contributed by atoms with Crippen LogP contribution in [-0.4, -0.2) is 5.97 Å². The van der Waals surface area contributed by atoms with Crippen LogP contribution in [0.4, 0.5) is 0 Å². The molecular formula is C14H17O2Y-. The van der Waals surface area contributed by atoms with Crippen molar-refractivity contribution >= 4 is 5.97 Å². The summed E-state index contributed by atoms with van der Waals surface area (Å²) in [4.78, 5) is 11.8. The number of ether oxygens (including phenoxy) is 1. The van der Waals surface area contributed by atoms with Gasteiger partial charge < -0.3 is 4.74 Å². The Morgan fingerprint density at radius 3 is 2.41 bits per heavy atom. The Morgan fingerprint density at radius 1 is 1.24 bits per heavy atom. The van der Waals surface area contributed by atoms with E-state index >= 15 is 0 Å². The molecule has 1 aliphatic carbocycles. The number of hydrogen-bond acceptors (Lipinski definition) is 2. The summed E-state index contributed by atoms with van der Waals surface area (Å²) >= 11 is 0. The van der Waals surface area contributed by atoms with Crippen molar-refractivity contribution in [2.75, 3.05) is 0 Å². The molecule has 0 atom stereocenters. The summed E-state index contributed by atoms with van der Waals surface area (Å²) in [6.45, 7) is 2.24. The van der Waals surface area contributed by atoms with Crippen LogP contribution in [0.3, 0.4) is 0 Å². The molecule has 1 aliphatic rings. The first-order valence-corrected chi connectivity index (χ1v) is 5.93. The predicted molar refractivity (Wildman–Crippen MR) is 62.0 cm³/mol. The molecule has 1 saturated carbocycles. The second-order valence-corrected chi connectivity index (χ2v) is 4.61. The summed E-state index contributed by atoms with van der Waals surface area (Å²) in [5, 5.41) is 0. The summed E-state index contributed by atoms with van der Waals surface area (Å²) in [5.41, 5.74) is 0. The topological polar surface area (TPSA) is 26.3 Å². The van der Waals surface area contributed by atoms with Crippen LogP contribution in [-0.2, 0) is 37.5 Å². The summed E-state index contributed by atoms with van der Waals surface area (Å²) in [5.74, 6) is 1.41. The largest absolute Gasteiger partial charge is 0.453 e. The molecule has 17 heavy (non-hydrogen) atoms. The van der Waals surface area contributed by atoms with Crippen molar-refractivity contribution in [3.05, 3.63) is 30.3 Å². The molecule has 3 heteroatoms. The minimum atomic E-state index is -0.0712. The molecule has 0 spiro atoms. The van der Waals surface area contributed by atoms with E-state index in [1.807, 2.05) is 0 Å². The monoisotopic (exact) mass is 306 g/mol. The molecule has 0 heterocycles. The van der Waals surface area contributed by atoms with E-state index in [1.54, 1.807) is 24.3 Å². The predicted octanol–water partition coefficient (Wildman–Crippen LogP) is 3.22. The van der Waals surface area contributed by atoms with E-state index in [0.29, 0.717) is 5.75 Å². The molecule has 1 aromatic rings. The number of benzene rings is 1. The first kappa shape index (κ1) is 14.9. The van der Waals surface area contributed by atoms with E-state index in [2.05, 4.69) is 13.0 Å². The first-order chi connectivity index (χ1) is 7.75. The Morgan fingerprint density at radius 2 is 1.82 bits per heavy atom. The minimum absolute atomic E-state index is 0. The molecule has 89 valence electrons. The maximum Gasteiger partial charge on any atom is 0.312 e. The zero-order valence-electron chi connectivity index (χ0n) is 10.2. The Kier molecular flexibility index (Phi) is 6.36. The normalized spacial score (nSPS) is 23.6. The third-order valence-corrected chi connectivity index (χ3v) is 3.26. The third-order valence-electron chi connectivity index (χ3n) is 3.26. The van der Waals surface area contributed by atoms with Gasteiger partial charge in [0.05, 0.1) is 5.92 Å². The quantitative estimate of drug-likeness (QED) is 0.476. The fourth-order valence-electron chi connectivity index (χ4n) is 2.13. The van der Waals surface area contributed by atoms with Gasteiger partial charge in [-0.2, -0.15) is 18.2 Å². The molecule has 1 aromatic carbocycles. The van der Waals surface area contributed by atoms with Crippen LogP contribution in [0.1, 0.15) is 32.6 Å². The zero-order chi connectivity index (χ0) is 11.4. The van der Waals surface area contributed by atoms with E-state index in [1.165, 1.54) is 0 Å². The van der Waals surface area contributed by atoms with E-state index in [9.17, 15) is 4.79 Å². The van der Waals surface area contributed by atoms with E-state index in [0.717, 1.165) is 31.6 Å². The van der Waals surface area contributed by atoms with Crippen LogP contribution in [0.2, 0.25) is 0 Å². The minimum Gasteiger partial charge on any atom is -0.453 e. The molecule has 0 saturated heterocycles. The van der Waals surface area contributed by atoms with Crippen molar-refractivity contribution in [3.8, 4) is 5.75 Å². The fraction of sp³-hybridized carbons (Fsp3) is 0.500. The van der Waals surface area contributed by atoms with Gasteiger partial charge in [-0.3, -0.25) is 4.79 Å². The van der Waals surface area contributed by atoms with Gasteiger partial charge in [0, 0.05) is 38.5 Å². The van der Waals surface area contributed by atoms with Gasteiger partial charge in [-0.05, 0) is 31.6 Å². The van der Waals surface area contributed by atoms with Gasteiger partial charge >= 0.3 is 5.97 Å². The van der Waals surface area contributed by atoms with Gasteiger partial charge in [-0.25, -0.2) is 0 Å². The van der Waals surface area contributed by atoms with Gasteiger partial charge in [0.25, 0.3) is 0 Å². The molecule has 2 nitrogen and oxygen atoms in total. The average molecular weight is 306 g/mol. The van der Waals surface area contributed by atoms with Crippen LogP contribution in [0.5, 0.6) is 5.75 Å². The van der Waals surface area contributed by atoms with Crippen molar-refractivity contribution in [1.82, 2.24) is 0 Å². The van der Waals surface area contributed by atoms with E-state index < -0.39 is 0 Å². The molecule has 1 radical (unpaired) electrons. The standard InChI is InChI=1S/C14H17O2.Y/c1-11-7-9-12(10-8-11)14(15)16-13-5-3-2-4-6-13;/h3-6,11-12H,7-10H2,1H3;/q-1;. The van der Waals surface area contributed by atoms with Gasteiger partial charge in [0.15, 0.2) is 0 Å². The van der Waals surface area contributed by atoms with E-state index in [4.69, 9.17) is 4.74 Å². The van der Waals surface area contributed by atoms with Crippen molar-refractivity contribution < 1.29 is 42.2 Å². The molecule has 0 N–H and O–H groups in total. The number of esters is 1. The van der Waals surface area contributed by atoms with Crippen LogP contribution < -0.4 is 4.74 Å². The second kappa shape index (κ2) is 7.28.